The van der Waals surface area contributed by atoms with E-state index in [0.717, 1.165) is 44.6 Å². The molecule has 1 aromatic rings. The van der Waals surface area contributed by atoms with E-state index in [-0.39, 0.29) is 36.6 Å². The molecule has 0 aromatic heterocycles. The molecule has 0 saturated carbocycles. The van der Waals surface area contributed by atoms with E-state index in [2.05, 4.69) is 17.1 Å². The van der Waals surface area contributed by atoms with Crippen LogP contribution in [0, 0.1) is 0 Å². The Morgan fingerprint density at radius 2 is 1.95 bits per heavy atom. The van der Waals surface area contributed by atoms with Crippen LogP contribution in [0.15, 0.2) is 18.2 Å². The van der Waals surface area contributed by atoms with Gasteiger partial charge in [-0.1, -0.05) is 37.1 Å². The second-order valence-electron chi connectivity index (χ2n) is 4.77. The fraction of sp³-hybridized carbons (Fsp3) is 0.571. The Balaban J connectivity index is 0.00000180. The van der Waals surface area contributed by atoms with Gasteiger partial charge in [0.25, 0.3) is 0 Å². The summed E-state index contributed by atoms with van der Waals surface area (Å²) < 4.78 is 0. The van der Waals surface area contributed by atoms with Crippen molar-refractivity contribution in [2.75, 3.05) is 26.2 Å². The van der Waals surface area contributed by atoms with Crippen LogP contribution in [0.4, 0.5) is 0 Å². The zero-order valence-corrected chi connectivity index (χ0v) is 14.0. The third-order valence-electron chi connectivity index (χ3n) is 3.53. The van der Waals surface area contributed by atoms with Crippen LogP contribution < -0.4 is 5.32 Å². The van der Waals surface area contributed by atoms with E-state index in [0.29, 0.717) is 5.02 Å². The van der Waals surface area contributed by atoms with E-state index in [4.69, 9.17) is 11.6 Å². The molecule has 6 heteroatoms. The molecule has 2 rings (SSSR count). The first-order chi connectivity index (χ1) is 8.74. The molecule has 0 aliphatic carbocycles. The third kappa shape index (κ3) is 4.68. The monoisotopic (exact) mass is 340 g/mol. The molecule has 3 nitrogen and oxygen atoms in total. The summed E-state index contributed by atoms with van der Waals surface area (Å²) in [6.45, 7) is 6.26. The second-order valence-corrected chi connectivity index (χ2v) is 5.18. The molecule has 20 heavy (non-hydrogen) atoms. The number of hydrogen-bond acceptors (Lipinski definition) is 3. The first-order valence-electron chi connectivity index (χ1n) is 6.66. The first-order valence-corrected chi connectivity index (χ1v) is 7.04. The molecular weight excluding hydrogens is 319 g/mol. The summed E-state index contributed by atoms with van der Waals surface area (Å²) in [6.07, 6.45) is 2.15. The Kier molecular flexibility index (Phi) is 9.60. The number of phenols is 1. The van der Waals surface area contributed by atoms with Crippen LogP contribution in [0.5, 0.6) is 5.75 Å². The van der Waals surface area contributed by atoms with Crippen molar-refractivity contribution >= 4 is 36.4 Å². The number of aromatic hydroxyl groups is 1. The van der Waals surface area contributed by atoms with Crippen molar-refractivity contribution in [2.45, 2.75) is 25.8 Å². The van der Waals surface area contributed by atoms with Gasteiger partial charge in [-0.05, 0) is 12.5 Å². The zero-order chi connectivity index (χ0) is 13.0. The van der Waals surface area contributed by atoms with Crippen molar-refractivity contribution in [3.63, 3.8) is 0 Å². The fourth-order valence-corrected chi connectivity index (χ4v) is 2.78. The standard InChI is InChI=1S/C14H21ClN2O.2ClH/c1-2-4-13(17-9-7-16-8-10-17)11-5-3-6-12(15)14(11)18;;/h3,5-6,13,16,18H,2,4,7-10H2,1H3;2*1H/t13-;;/m1../s1. The minimum Gasteiger partial charge on any atom is -0.506 e. The van der Waals surface area contributed by atoms with Gasteiger partial charge in [0, 0.05) is 37.8 Å². The van der Waals surface area contributed by atoms with E-state index in [9.17, 15) is 5.11 Å². The molecule has 2 N–H and O–H groups in total. The van der Waals surface area contributed by atoms with Crippen LogP contribution in [-0.4, -0.2) is 36.2 Å². The predicted molar refractivity (Wildman–Crippen MR) is 89.7 cm³/mol. The largest absolute Gasteiger partial charge is 0.506 e. The number of piperazine rings is 1. The Bertz CT molecular complexity index is 398. The Labute approximate surface area is 138 Å². The van der Waals surface area contributed by atoms with E-state index in [1.54, 1.807) is 6.07 Å². The highest BCUT2D eigenvalue weighted by molar-refractivity contribution is 6.32. The van der Waals surface area contributed by atoms with E-state index < -0.39 is 0 Å². The summed E-state index contributed by atoms with van der Waals surface area (Å²) >= 11 is 6.02. The summed E-state index contributed by atoms with van der Waals surface area (Å²) in [5, 5.41) is 14.0. The van der Waals surface area contributed by atoms with Crippen LogP contribution in [-0.2, 0) is 0 Å². The summed E-state index contributed by atoms with van der Waals surface area (Å²) in [7, 11) is 0. The number of hydrogen-bond donors (Lipinski definition) is 2. The van der Waals surface area contributed by atoms with E-state index >= 15 is 0 Å². The van der Waals surface area contributed by atoms with Crippen LogP contribution in [0.3, 0.4) is 0 Å². The van der Waals surface area contributed by atoms with Crippen LogP contribution in [0.2, 0.25) is 5.02 Å². The minimum absolute atomic E-state index is 0. The van der Waals surface area contributed by atoms with Crippen molar-refractivity contribution < 1.29 is 5.11 Å². The normalized spacial score (nSPS) is 16.9. The highest BCUT2D eigenvalue weighted by atomic mass is 35.5. The lowest BCUT2D eigenvalue weighted by Gasteiger charge is -2.35. The molecule has 1 aliphatic heterocycles. The molecule has 1 heterocycles. The Morgan fingerprint density at radius 1 is 1.30 bits per heavy atom. The Morgan fingerprint density at radius 3 is 2.55 bits per heavy atom. The van der Waals surface area contributed by atoms with Crippen LogP contribution in [0.1, 0.15) is 31.4 Å². The maximum Gasteiger partial charge on any atom is 0.138 e. The number of benzene rings is 1. The summed E-state index contributed by atoms with van der Waals surface area (Å²) in [5.41, 5.74) is 0.964. The summed E-state index contributed by atoms with van der Waals surface area (Å²) in [5.74, 6) is 0.246. The summed E-state index contributed by atoms with van der Waals surface area (Å²) in [4.78, 5) is 2.44. The highest BCUT2D eigenvalue weighted by Gasteiger charge is 2.24. The van der Waals surface area contributed by atoms with Crippen molar-refractivity contribution in [3.8, 4) is 5.75 Å². The fourth-order valence-electron chi connectivity index (χ4n) is 2.60. The number of phenolic OH excluding ortho intramolecular Hbond substituents is 1. The lowest BCUT2D eigenvalue weighted by atomic mass is 9.99. The molecule has 1 saturated heterocycles. The van der Waals surface area contributed by atoms with Gasteiger partial charge < -0.3 is 10.4 Å². The smallest absolute Gasteiger partial charge is 0.138 e. The first kappa shape index (κ1) is 19.8. The SMILES string of the molecule is CCC[C@H](c1cccc(Cl)c1O)N1CCNCC1.Cl.Cl. The maximum atomic E-state index is 10.2. The van der Waals surface area contributed by atoms with Gasteiger partial charge in [0.15, 0.2) is 0 Å². The van der Waals surface area contributed by atoms with Gasteiger partial charge in [-0.15, -0.1) is 24.8 Å². The predicted octanol–water partition coefficient (Wildman–Crippen LogP) is 3.64. The number of nitrogens with one attached hydrogen (secondary N) is 1. The average molecular weight is 342 g/mol. The quantitative estimate of drug-likeness (QED) is 0.877. The second kappa shape index (κ2) is 9.69. The van der Waals surface area contributed by atoms with Crippen LogP contribution in [0.25, 0.3) is 0 Å². The van der Waals surface area contributed by atoms with Gasteiger partial charge in [-0.2, -0.15) is 0 Å². The Hall–Kier alpha value is -0.190. The number of rotatable bonds is 4. The van der Waals surface area contributed by atoms with Gasteiger partial charge in [-0.3, -0.25) is 4.90 Å². The van der Waals surface area contributed by atoms with Gasteiger partial charge in [-0.25, -0.2) is 0 Å². The number of nitrogens with zero attached hydrogens (tertiary/aromatic N) is 1. The molecule has 0 unspecified atom stereocenters. The van der Waals surface area contributed by atoms with Crippen molar-refractivity contribution in [2.24, 2.45) is 0 Å². The van der Waals surface area contributed by atoms with Gasteiger partial charge in [0.05, 0.1) is 5.02 Å². The average Bonchev–Trinajstić information content (AvgIpc) is 2.41. The van der Waals surface area contributed by atoms with Crippen LogP contribution >= 0.6 is 36.4 Å². The molecule has 1 fully saturated rings. The van der Waals surface area contributed by atoms with E-state index in [1.807, 2.05) is 12.1 Å². The van der Waals surface area contributed by atoms with Crippen molar-refractivity contribution in [3.05, 3.63) is 28.8 Å². The number of para-hydroxylation sites is 1. The molecular formula is C14H23Cl3N2O. The van der Waals surface area contributed by atoms with Crippen molar-refractivity contribution in [1.29, 1.82) is 0 Å². The molecule has 116 valence electrons. The molecule has 0 amide bonds. The van der Waals surface area contributed by atoms with Crippen molar-refractivity contribution in [1.82, 2.24) is 10.2 Å². The molecule has 0 bridgehead atoms. The molecule has 1 atom stereocenters. The molecule has 1 aliphatic rings. The van der Waals surface area contributed by atoms with Gasteiger partial charge in [0.1, 0.15) is 5.75 Å². The number of halogens is 3. The topological polar surface area (TPSA) is 35.5 Å². The maximum absolute atomic E-state index is 10.2. The van der Waals surface area contributed by atoms with E-state index in [1.165, 1.54) is 0 Å². The molecule has 0 radical (unpaired) electrons. The zero-order valence-electron chi connectivity index (χ0n) is 11.6. The molecule has 0 spiro atoms. The highest BCUT2D eigenvalue weighted by Crippen LogP contribution is 2.36. The molecule has 1 aromatic carbocycles. The van der Waals surface area contributed by atoms with Gasteiger partial charge in [0.2, 0.25) is 0 Å². The summed E-state index contributed by atoms with van der Waals surface area (Å²) in [6, 6.07) is 5.92. The minimum atomic E-state index is 0. The third-order valence-corrected chi connectivity index (χ3v) is 3.84. The van der Waals surface area contributed by atoms with Gasteiger partial charge >= 0.3 is 0 Å². The lowest BCUT2D eigenvalue weighted by Crippen LogP contribution is -2.45. The lowest BCUT2D eigenvalue weighted by molar-refractivity contribution is 0.162.